The number of hydrogen-bond donors (Lipinski definition) is 1. The van der Waals surface area contributed by atoms with Crippen molar-refractivity contribution in [3.8, 4) is 5.75 Å². The van der Waals surface area contributed by atoms with E-state index in [4.69, 9.17) is 0 Å². The number of hydrazone groups is 1. The maximum atomic E-state index is 12.4. The number of rotatable bonds is 5. The van der Waals surface area contributed by atoms with E-state index in [1.54, 1.807) is 6.07 Å². The highest BCUT2D eigenvalue weighted by atomic mass is 19.4. The molecule has 1 heterocycles. The summed E-state index contributed by atoms with van der Waals surface area (Å²) in [5, 5.41) is 3.73. The average Bonchev–Trinajstić information content (AvgIpc) is 2.48. The number of nitrogens with one attached hydrogen (secondary N) is 1. The third-order valence-electron chi connectivity index (χ3n) is 2.61. The lowest BCUT2D eigenvalue weighted by atomic mass is 10.2. The average molecular weight is 331 g/mol. The fraction of sp³-hybridized carbons (Fsp3) is 0.143. The number of alkyl halides is 5. The Morgan fingerprint density at radius 3 is 2.48 bits per heavy atom. The van der Waals surface area contributed by atoms with Crippen molar-refractivity contribution in [3.05, 3.63) is 53.7 Å². The van der Waals surface area contributed by atoms with Crippen LogP contribution in [0.4, 0.5) is 27.8 Å². The SMILES string of the molecule is FC(F)Oc1ccccc1/C=N/Nc1ccc(C(F)(F)F)cn1. The Balaban J connectivity index is 2.05. The van der Waals surface area contributed by atoms with Crippen LogP contribution in [0, 0.1) is 0 Å². The van der Waals surface area contributed by atoms with Crippen molar-refractivity contribution in [2.45, 2.75) is 12.8 Å². The molecule has 2 aromatic rings. The lowest BCUT2D eigenvalue weighted by molar-refractivity contribution is -0.137. The van der Waals surface area contributed by atoms with Crippen LogP contribution < -0.4 is 10.2 Å². The molecule has 0 aliphatic heterocycles. The fourth-order valence-electron chi connectivity index (χ4n) is 1.59. The van der Waals surface area contributed by atoms with Gasteiger partial charge in [0.05, 0.1) is 11.8 Å². The maximum Gasteiger partial charge on any atom is 0.417 e. The van der Waals surface area contributed by atoms with Gasteiger partial charge in [0, 0.05) is 11.8 Å². The van der Waals surface area contributed by atoms with Crippen molar-refractivity contribution in [3.63, 3.8) is 0 Å². The number of nitrogens with zero attached hydrogens (tertiary/aromatic N) is 2. The van der Waals surface area contributed by atoms with E-state index in [1.165, 1.54) is 24.4 Å². The molecule has 122 valence electrons. The zero-order valence-corrected chi connectivity index (χ0v) is 11.4. The Labute approximate surface area is 127 Å². The molecule has 1 aromatic heterocycles. The number of aromatic nitrogens is 1. The van der Waals surface area contributed by atoms with Gasteiger partial charge < -0.3 is 4.74 Å². The Morgan fingerprint density at radius 2 is 1.87 bits per heavy atom. The van der Waals surface area contributed by atoms with E-state index in [-0.39, 0.29) is 17.1 Å². The molecule has 1 aromatic carbocycles. The smallest absolute Gasteiger partial charge is 0.417 e. The highest BCUT2D eigenvalue weighted by Crippen LogP contribution is 2.28. The monoisotopic (exact) mass is 331 g/mol. The fourth-order valence-corrected chi connectivity index (χ4v) is 1.59. The van der Waals surface area contributed by atoms with Gasteiger partial charge in [-0.15, -0.1) is 0 Å². The van der Waals surface area contributed by atoms with E-state index in [1.807, 2.05) is 0 Å². The van der Waals surface area contributed by atoms with Crippen molar-refractivity contribution < 1.29 is 26.7 Å². The molecule has 0 bridgehead atoms. The number of para-hydroxylation sites is 1. The molecule has 0 unspecified atom stereocenters. The van der Waals surface area contributed by atoms with Crippen LogP contribution in [0.3, 0.4) is 0 Å². The highest BCUT2D eigenvalue weighted by Gasteiger charge is 2.30. The summed E-state index contributed by atoms with van der Waals surface area (Å²) in [5.41, 5.74) is 1.78. The summed E-state index contributed by atoms with van der Waals surface area (Å²) in [6.07, 6.45) is -2.62. The first-order valence-electron chi connectivity index (χ1n) is 6.22. The molecule has 0 atom stereocenters. The second kappa shape index (κ2) is 7.03. The second-order valence-corrected chi connectivity index (χ2v) is 4.22. The van der Waals surface area contributed by atoms with Gasteiger partial charge in [-0.25, -0.2) is 4.98 Å². The van der Waals surface area contributed by atoms with Gasteiger partial charge >= 0.3 is 12.8 Å². The van der Waals surface area contributed by atoms with Gasteiger partial charge in [0.1, 0.15) is 11.6 Å². The van der Waals surface area contributed by atoms with Crippen LogP contribution >= 0.6 is 0 Å². The summed E-state index contributed by atoms with van der Waals surface area (Å²) in [6, 6.07) is 7.88. The maximum absolute atomic E-state index is 12.4. The molecule has 0 saturated carbocycles. The predicted octanol–water partition coefficient (Wildman–Crippen LogP) is 4.15. The van der Waals surface area contributed by atoms with Crippen LogP contribution in [0.2, 0.25) is 0 Å². The standard InChI is InChI=1S/C14H10F5N3O/c15-13(16)23-11-4-2-1-3-9(11)7-21-22-12-6-5-10(8-20-12)14(17,18)19/h1-8,13H,(H,20,22)/b21-7+. The molecule has 23 heavy (non-hydrogen) atoms. The first-order valence-corrected chi connectivity index (χ1v) is 6.22. The molecular weight excluding hydrogens is 321 g/mol. The highest BCUT2D eigenvalue weighted by molar-refractivity contribution is 5.83. The molecule has 1 N–H and O–H groups in total. The normalized spacial score (nSPS) is 11.9. The predicted molar refractivity (Wildman–Crippen MR) is 73.5 cm³/mol. The van der Waals surface area contributed by atoms with Crippen LogP contribution in [-0.2, 0) is 6.18 Å². The summed E-state index contributed by atoms with van der Waals surface area (Å²) in [7, 11) is 0. The Bertz CT molecular complexity index is 671. The van der Waals surface area contributed by atoms with Crippen LogP contribution in [0.1, 0.15) is 11.1 Å². The lowest BCUT2D eigenvalue weighted by Crippen LogP contribution is -2.06. The van der Waals surface area contributed by atoms with Crippen molar-refractivity contribution in [1.29, 1.82) is 0 Å². The number of anilines is 1. The van der Waals surface area contributed by atoms with Crippen molar-refractivity contribution in [1.82, 2.24) is 4.98 Å². The molecule has 0 spiro atoms. The molecule has 2 rings (SSSR count). The molecule has 0 fully saturated rings. The Morgan fingerprint density at radius 1 is 1.13 bits per heavy atom. The van der Waals surface area contributed by atoms with E-state index in [0.29, 0.717) is 6.20 Å². The van der Waals surface area contributed by atoms with Crippen LogP contribution in [0.5, 0.6) is 5.75 Å². The van der Waals surface area contributed by atoms with Crippen molar-refractivity contribution >= 4 is 12.0 Å². The second-order valence-electron chi connectivity index (χ2n) is 4.22. The minimum absolute atomic E-state index is 0.0708. The first-order chi connectivity index (χ1) is 10.9. The summed E-state index contributed by atoms with van der Waals surface area (Å²) in [5.74, 6) is -0.00469. The van der Waals surface area contributed by atoms with Crippen molar-refractivity contribution in [2.75, 3.05) is 5.43 Å². The number of hydrogen-bond acceptors (Lipinski definition) is 4. The van der Waals surface area contributed by atoms with E-state index in [2.05, 4.69) is 20.2 Å². The largest absolute Gasteiger partial charge is 0.434 e. The van der Waals surface area contributed by atoms with Gasteiger partial charge in [0.2, 0.25) is 0 Å². The number of halogens is 5. The first kappa shape index (κ1) is 16.7. The molecular formula is C14H10F5N3O. The summed E-state index contributed by atoms with van der Waals surface area (Å²) in [6.45, 7) is -2.98. The van der Waals surface area contributed by atoms with E-state index in [0.717, 1.165) is 12.1 Å². The van der Waals surface area contributed by atoms with E-state index < -0.39 is 18.4 Å². The number of ether oxygens (including phenoxy) is 1. The van der Waals surface area contributed by atoms with Gasteiger partial charge in [-0.2, -0.15) is 27.1 Å². The minimum atomic E-state index is -4.47. The summed E-state index contributed by atoms with van der Waals surface area (Å²) < 4.78 is 65.9. The van der Waals surface area contributed by atoms with Gasteiger partial charge in [0.25, 0.3) is 0 Å². The van der Waals surface area contributed by atoms with Gasteiger partial charge in [-0.05, 0) is 24.3 Å². The van der Waals surface area contributed by atoms with Gasteiger partial charge in [-0.3, -0.25) is 5.43 Å². The third kappa shape index (κ3) is 4.90. The van der Waals surface area contributed by atoms with Crippen LogP contribution in [0.25, 0.3) is 0 Å². The third-order valence-corrected chi connectivity index (χ3v) is 2.61. The molecule has 4 nitrogen and oxygen atoms in total. The quantitative estimate of drug-likeness (QED) is 0.509. The van der Waals surface area contributed by atoms with Crippen LogP contribution in [0.15, 0.2) is 47.7 Å². The Kier molecular flexibility index (Phi) is 5.09. The molecule has 0 aliphatic carbocycles. The summed E-state index contributed by atoms with van der Waals surface area (Å²) >= 11 is 0. The zero-order chi connectivity index (χ0) is 16.9. The lowest BCUT2D eigenvalue weighted by Gasteiger charge is -2.07. The van der Waals surface area contributed by atoms with Gasteiger partial charge in [-0.1, -0.05) is 12.1 Å². The van der Waals surface area contributed by atoms with Crippen LogP contribution in [-0.4, -0.2) is 17.8 Å². The molecule has 9 heteroatoms. The number of pyridine rings is 1. The molecule has 0 radical (unpaired) electrons. The molecule has 0 saturated heterocycles. The topological polar surface area (TPSA) is 46.5 Å². The Hall–Kier alpha value is -2.71. The van der Waals surface area contributed by atoms with E-state index >= 15 is 0 Å². The molecule has 0 aliphatic rings. The molecule has 0 amide bonds. The van der Waals surface area contributed by atoms with Crippen molar-refractivity contribution in [2.24, 2.45) is 5.10 Å². The van der Waals surface area contributed by atoms with E-state index in [9.17, 15) is 22.0 Å². The van der Waals surface area contributed by atoms with Gasteiger partial charge in [0.15, 0.2) is 0 Å². The summed E-state index contributed by atoms with van der Waals surface area (Å²) in [4.78, 5) is 3.55. The minimum Gasteiger partial charge on any atom is -0.434 e. The zero-order valence-electron chi connectivity index (χ0n) is 11.4. The number of benzene rings is 1.